The van der Waals surface area contributed by atoms with E-state index in [-0.39, 0.29) is 12.0 Å². The molecule has 2 saturated heterocycles. The maximum atomic E-state index is 11.6. The van der Waals surface area contributed by atoms with Gasteiger partial charge in [0, 0.05) is 19.2 Å². The second kappa shape index (κ2) is 4.75. The highest BCUT2D eigenvalue weighted by atomic mass is 16.5. The summed E-state index contributed by atoms with van der Waals surface area (Å²) in [5.74, 6) is 0.0798. The Kier molecular flexibility index (Phi) is 3.37. The molecule has 2 N–H and O–H groups in total. The SMILES string of the molecule is O=C(N[C@@H]1CCCNC1)[C@@H]1CCCO1. The molecule has 0 spiro atoms. The molecule has 2 fully saturated rings. The summed E-state index contributed by atoms with van der Waals surface area (Å²) in [5, 5.41) is 6.31. The van der Waals surface area contributed by atoms with Crippen molar-refractivity contribution in [3.63, 3.8) is 0 Å². The predicted molar refractivity (Wildman–Crippen MR) is 53.0 cm³/mol. The fraction of sp³-hybridized carbons (Fsp3) is 0.900. The van der Waals surface area contributed by atoms with Crippen molar-refractivity contribution in [1.82, 2.24) is 10.6 Å². The van der Waals surface area contributed by atoms with Gasteiger partial charge in [-0.2, -0.15) is 0 Å². The molecule has 80 valence electrons. The predicted octanol–water partition coefficient (Wildman–Crippen LogP) is 0.0336. The van der Waals surface area contributed by atoms with Gasteiger partial charge in [0.2, 0.25) is 5.91 Å². The third kappa shape index (κ3) is 2.45. The third-order valence-corrected chi connectivity index (χ3v) is 2.87. The van der Waals surface area contributed by atoms with Crippen LogP contribution in [-0.4, -0.2) is 37.7 Å². The fourth-order valence-electron chi connectivity index (χ4n) is 2.05. The molecule has 0 saturated carbocycles. The molecule has 2 aliphatic rings. The van der Waals surface area contributed by atoms with E-state index >= 15 is 0 Å². The second-order valence-corrected chi connectivity index (χ2v) is 4.05. The van der Waals surface area contributed by atoms with Crippen LogP contribution in [0.1, 0.15) is 25.7 Å². The van der Waals surface area contributed by atoms with Gasteiger partial charge in [-0.05, 0) is 32.2 Å². The molecule has 0 aromatic carbocycles. The molecule has 2 rings (SSSR count). The number of ether oxygens (including phenoxy) is 1. The van der Waals surface area contributed by atoms with Crippen molar-refractivity contribution in [3.8, 4) is 0 Å². The topological polar surface area (TPSA) is 50.4 Å². The lowest BCUT2D eigenvalue weighted by atomic mass is 10.1. The van der Waals surface area contributed by atoms with Crippen LogP contribution in [0, 0.1) is 0 Å². The molecule has 0 unspecified atom stereocenters. The first-order valence-corrected chi connectivity index (χ1v) is 5.49. The minimum Gasteiger partial charge on any atom is -0.368 e. The Bertz CT molecular complexity index is 196. The molecule has 0 aromatic rings. The molecule has 14 heavy (non-hydrogen) atoms. The van der Waals surface area contributed by atoms with E-state index in [0.717, 1.165) is 45.4 Å². The molecule has 4 heteroatoms. The van der Waals surface area contributed by atoms with E-state index in [1.165, 1.54) is 0 Å². The highest BCUT2D eigenvalue weighted by Gasteiger charge is 2.25. The maximum absolute atomic E-state index is 11.6. The Hall–Kier alpha value is -0.610. The van der Waals surface area contributed by atoms with Crippen molar-refractivity contribution >= 4 is 5.91 Å². The minimum absolute atomic E-state index is 0.0798. The van der Waals surface area contributed by atoms with Crippen LogP contribution in [0.25, 0.3) is 0 Å². The maximum Gasteiger partial charge on any atom is 0.249 e. The molecule has 0 aliphatic carbocycles. The van der Waals surface area contributed by atoms with Gasteiger partial charge in [-0.25, -0.2) is 0 Å². The van der Waals surface area contributed by atoms with E-state index in [1.54, 1.807) is 0 Å². The smallest absolute Gasteiger partial charge is 0.249 e. The summed E-state index contributed by atoms with van der Waals surface area (Å²) in [6.45, 7) is 2.71. The Morgan fingerprint density at radius 3 is 2.93 bits per heavy atom. The van der Waals surface area contributed by atoms with Crippen LogP contribution in [0.3, 0.4) is 0 Å². The average Bonchev–Trinajstić information content (AvgIpc) is 2.72. The van der Waals surface area contributed by atoms with Crippen LogP contribution in [-0.2, 0) is 9.53 Å². The largest absolute Gasteiger partial charge is 0.368 e. The number of hydrogen-bond donors (Lipinski definition) is 2. The molecule has 0 radical (unpaired) electrons. The zero-order valence-corrected chi connectivity index (χ0v) is 8.42. The standard InChI is InChI=1S/C10H18N2O2/c13-10(9-4-2-6-14-9)12-8-3-1-5-11-7-8/h8-9,11H,1-7H2,(H,12,13)/t8-,9+/m1/s1. The van der Waals surface area contributed by atoms with Gasteiger partial charge >= 0.3 is 0 Å². The quantitative estimate of drug-likeness (QED) is 0.658. The molecule has 2 heterocycles. The Balaban J connectivity index is 1.75. The Morgan fingerprint density at radius 1 is 1.36 bits per heavy atom. The minimum atomic E-state index is -0.183. The number of piperidine rings is 1. The van der Waals surface area contributed by atoms with Crippen LogP contribution >= 0.6 is 0 Å². The summed E-state index contributed by atoms with van der Waals surface area (Å²) in [6.07, 6.45) is 3.95. The highest BCUT2D eigenvalue weighted by Crippen LogP contribution is 2.12. The Morgan fingerprint density at radius 2 is 2.29 bits per heavy atom. The summed E-state index contributed by atoms with van der Waals surface area (Å²) >= 11 is 0. The van der Waals surface area contributed by atoms with Crippen molar-refractivity contribution < 1.29 is 9.53 Å². The van der Waals surface area contributed by atoms with Crippen LogP contribution in [0.2, 0.25) is 0 Å². The number of hydrogen-bond acceptors (Lipinski definition) is 3. The molecule has 2 aliphatic heterocycles. The fourth-order valence-corrected chi connectivity index (χ4v) is 2.05. The van der Waals surface area contributed by atoms with E-state index in [9.17, 15) is 4.79 Å². The van der Waals surface area contributed by atoms with Crippen molar-refractivity contribution in [2.24, 2.45) is 0 Å². The monoisotopic (exact) mass is 198 g/mol. The summed E-state index contributed by atoms with van der Waals surface area (Å²) in [6, 6.07) is 0.306. The Labute approximate surface area is 84.4 Å². The first kappa shape index (κ1) is 9.93. The van der Waals surface area contributed by atoms with Crippen molar-refractivity contribution in [1.29, 1.82) is 0 Å². The molecule has 2 atom stereocenters. The van der Waals surface area contributed by atoms with Gasteiger partial charge in [-0.3, -0.25) is 4.79 Å². The van der Waals surface area contributed by atoms with Gasteiger partial charge in [-0.15, -0.1) is 0 Å². The lowest BCUT2D eigenvalue weighted by molar-refractivity contribution is -0.130. The highest BCUT2D eigenvalue weighted by molar-refractivity contribution is 5.81. The van der Waals surface area contributed by atoms with E-state index in [1.807, 2.05) is 0 Å². The van der Waals surface area contributed by atoms with Gasteiger partial charge < -0.3 is 15.4 Å². The lowest BCUT2D eigenvalue weighted by Gasteiger charge is -2.24. The molecule has 0 aromatic heterocycles. The normalized spacial score (nSPS) is 32.9. The molecule has 4 nitrogen and oxygen atoms in total. The van der Waals surface area contributed by atoms with Gasteiger partial charge in [0.1, 0.15) is 6.10 Å². The molecular weight excluding hydrogens is 180 g/mol. The number of nitrogens with one attached hydrogen (secondary N) is 2. The summed E-state index contributed by atoms with van der Waals surface area (Å²) in [7, 11) is 0. The van der Waals surface area contributed by atoms with E-state index < -0.39 is 0 Å². The van der Waals surface area contributed by atoms with E-state index in [0.29, 0.717) is 6.04 Å². The second-order valence-electron chi connectivity index (χ2n) is 4.05. The summed E-state index contributed by atoms with van der Waals surface area (Å²) in [5.41, 5.74) is 0. The number of carbonyl (C=O) groups is 1. The van der Waals surface area contributed by atoms with Gasteiger partial charge in [-0.1, -0.05) is 0 Å². The summed E-state index contributed by atoms with van der Waals surface area (Å²) < 4.78 is 5.32. The van der Waals surface area contributed by atoms with Gasteiger partial charge in [0.25, 0.3) is 0 Å². The molecular formula is C10H18N2O2. The van der Waals surface area contributed by atoms with Crippen LogP contribution < -0.4 is 10.6 Å². The van der Waals surface area contributed by atoms with E-state index in [4.69, 9.17) is 4.74 Å². The van der Waals surface area contributed by atoms with E-state index in [2.05, 4.69) is 10.6 Å². The van der Waals surface area contributed by atoms with Crippen LogP contribution in [0.4, 0.5) is 0 Å². The zero-order chi connectivity index (χ0) is 9.80. The lowest BCUT2D eigenvalue weighted by Crippen LogP contribution is -2.48. The third-order valence-electron chi connectivity index (χ3n) is 2.87. The van der Waals surface area contributed by atoms with Crippen molar-refractivity contribution in [3.05, 3.63) is 0 Å². The van der Waals surface area contributed by atoms with Crippen LogP contribution in [0.5, 0.6) is 0 Å². The average molecular weight is 198 g/mol. The first-order chi connectivity index (χ1) is 6.86. The van der Waals surface area contributed by atoms with Gasteiger partial charge in [0.05, 0.1) is 0 Å². The number of carbonyl (C=O) groups excluding carboxylic acids is 1. The zero-order valence-electron chi connectivity index (χ0n) is 8.42. The van der Waals surface area contributed by atoms with Gasteiger partial charge in [0.15, 0.2) is 0 Å². The number of amides is 1. The van der Waals surface area contributed by atoms with Crippen molar-refractivity contribution in [2.75, 3.05) is 19.7 Å². The molecule has 1 amide bonds. The van der Waals surface area contributed by atoms with Crippen LogP contribution in [0.15, 0.2) is 0 Å². The number of rotatable bonds is 2. The molecule has 0 bridgehead atoms. The summed E-state index contributed by atoms with van der Waals surface area (Å²) in [4.78, 5) is 11.6. The van der Waals surface area contributed by atoms with Crippen molar-refractivity contribution in [2.45, 2.75) is 37.8 Å². The first-order valence-electron chi connectivity index (χ1n) is 5.49.